The Balaban J connectivity index is 2.07. The van der Waals surface area contributed by atoms with E-state index in [0.29, 0.717) is 11.0 Å². The number of aromatic nitrogens is 2. The SMILES string of the molecule is O=[N+]([O-])c1ccc(NCc2csnn2)cc1Br. The van der Waals surface area contributed by atoms with Gasteiger partial charge in [0.25, 0.3) is 5.69 Å². The van der Waals surface area contributed by atoms with Gasteiger partial charge >= 0.3 is 0 Å². The summed E-state index contributed by atoms with van der Waals surface area (Å²) in [5.74, 6) is 0. The Hall–Kier alpha value is -1.54. The Labute approximate surface area is 109 Å². The van der Waals surface area contributed by atoms with Crippen molar-refractivity contribution in [2.24, 2.45) is 0 Å². The minimum Gasteiger partial charge on any atom is -0.379 e. The van der Waals surface area contributed by atoms with Gasteiger partial charge < -0.3 is 5.32 Å². The molecule has 17 heavy (non-hydrogen) atoms. The van der Waals surface area contributed by atoms with Crippen molar-refractivity contribution in [3.8, 4) is 0 Å². The first-order chi connectivity index (χ1) is 8.16. The summed E-state index contributed by atoms with van der Waals surface area (Å²) in [6.45, 7) is 0.542. The maximum absolute atomic E-state index is 10.6. The first kappa shape index (κ1) is 11.9. The van der Waals surface area contributed by atoms with E-state index in [1.165, 1.54) is 17.6 Å². The third-order valence-corrected chi connectivity index (χ3v) is 3.21. The summed E-state index contributed by atoms with van der Waals surface area (Å²) in [7, 11) is 0. The van der Waals surface area contributed by atoms with Gasteiger partial charge in [-0.25, -0.2) is 0 Å². The van der Waals surface area contributed by atoms with Gasteiger partial charge in [-0.15, -0.1) is 5.10 Å². The molecule has 0 radical (unpaired) electrons. The van der Waals surface area contributed by atoms with Crippen molar-refractivity contribution in [3.63, 3.8) is 0 Å². The second kappa shape index (κ2) is 5.19. The molecular weight excluding hydrogens is 308 g/mol. The van der Waals surface area contributed by atoms with E-state index in [4.69, 9.17) is 0 Å². The lowest BCUT2D eigenvalue weighted by Crippen LogP contribution is -2.00. The van der Waals surface area contributed by atoms with Crippen molar-refractivity contribution in [1.29, 1.82) is 0 Å². The van der Waals surface area contributed by atoms with Gasteiger partial charge in [-0.2, -0.15) is 0 Å². The fraction of sp³-hybridized carbons (Fsp3) is 0.111. The molecule has 0 amide bonds. The molecule has 0 aliphatic carbocycles. The van der Waals surface area contributed by atoms with Crippen LogP contribution in [0, 0.1) is 10.1 Å². The molecule has 88 valence electrons. The summed E-state index contributed by atoms with van der Waals surface area (Å²) in [4.78, 5) is 10.2. The zero-order valence-corrected chi connectivity index (χ0v) is 10.9. The predicted octanol–water partition coefficient (Wildman–Crippen LogP) is 2.82. The molecule has 0 aliphatic rings. The van der Waals surface area contributed by atoms with Crippen molar-refractivity contribution in [2.45, 2.75) is 6.54 Å². The van der Waals surface area contributed by atoms with Crippen LogP contribution in [0.1, 0.15) is 5.69 Å². The van der Waals surface area contributed by atoms with Crippen LogP contribution >= 0.6 is 27.5 Å². The Bertz CT molecular complexity index is 532. The molecule has 0 aliphatic heterocycles. The lowest BCUT2D eigenvalue weighted by atomic mass is 10.3. The first-order valence-corrected chi connectivity index (χ1v) is 6.23. The third-order valence-electron chi connectivity index (χ3n) is 2.02. The highest BCUT2D eigenvalue weighted by Crippen LogP contribution is 2.27. The van der Waals surface area contributed by atoms with Crippen LogP contribution < -0.4 is 5.32 Å². The molecule has 0 unspecified atom stereocenters. The Morgan fingerprint density at radius 2 is 2.35 bits per heavy atom. The van der Waals surface area contributed by atoms with E-state index in [9.17, 15) is 10.1 Å². The molecule has 1 N–H and O–H groups in total. The molecule has 0 atom stereocenters. The van der Waals surface area contributed by atoms with Crippen LogP contribution in [0.3, 0.4) is 0 Å². The monoisotopic (exact) mass is 314 g/mol. The summed E-state index contributed by atoms with van der Waals surface area (Å²) in [6, 6.07) is 4.77. The number of nitrogens with zero attached hydrogens (tertiary/aromatic N) is 3. The molecule has 0 fully saturated rings. The zero-order chi connectivity index (χ0) is 12.3. The van der Waals surface area contributed by atoms with Gasteiger partial charge in [0.15, 0.2) is 0 Å². The van der Waals surface area contributed by atoms with Crippen molar-refractivity contribution in [2.75, 3.05) is 5.32 Å². The fourth-order valence-electron chi connectivity index (χ4n) is 1.22. The second-order valence-corrected chi connectivity index (χ2v) is 4.64. The maximum Gasteiger partial charge on any atom is 0.283 e. The van der Waals surface area contributed by atoms with E-state index in [0.717, 1.165) is 11.4 Å². The molecule has 0 saturated heterocycles. The molecule has 8 heteroatoms. The minimum absolute atomic E-state index is 0.0471. The summed E-state index contributed by atoms with van der Waals surface area (Å²) >= 11 is 4.44. The number of hydrogen-bond donors (Lipinski definition) is 1. The number of hydrogen-bond acceptors (Lipinski definition) is 6. The normalized spacial score (nSPS) is 10.2. The lowest BCUT2D eigenvalue weighted by Gasteiger charge is -2.04. The van der Waals surface area contributed by atoms with Gasteiger partial charge in [-0.1, -0.05) is 4.49 Å². The molecular formula is C9H7BrN4O2S. The minimum atomic E-state index is -0.432. The van der Waals surface area contributed by atoms with Crippen LogP contribution in [-0.4, -0.2) is 14.5 Å². The van der Waals surface area contributed by atoms with Crippen molar-refractivity contribution in [1.82, 2.24) is 9.59 Å². The van der Waals surface area contributed by atoms with Gasteiger partial charge in [0.05, 0.1) is 21.6 Å². The summed E-state index contributed by atoms with van der Waals surface area (Å²) < 4.78 is 4.19. The quantitative estimate of drug-likeness (QED) is 0.693. The Morgan fingerprint density at radius 1 is 1.53 bits per heavy atom. The molecule has 1 aromatic heterocycles. The number of anilines is 1. The standard InChI is InChI=1S/C9H7BrN4O2S/c10-8-3-6(1-2-9(8)14(15)16)11-4-7-5-17-13-12-7/h1-3,5,11H,4H2. The number of nitro groups is 1. The lowest BCUT2D eigenvalue weighted by molar-refractivity contribution is -0.385. The fourth-order valence-corrected chi connectivity index (χ4v) is 2.19. The smallest absolute Gasteiger partial charge is 0.283 e. The highest BCUT2D eigenvalue weighted by atomic mass is 79.9. The number of nitrogens with one attached hydrogen (secondary N) is 1. The van der Waals surface area contributed by atoms with E-state index in [1.54, 1.807) is 12.1 Å². The van der Waals surface area contributed by atoms with Gasteiger partial charge in [-0.05, 0) is 39.6 Å². The molecule has 0 saturated carbocycles. The topological polar surface area (TPSA) is 81.0 Å². The highest BCUT2D eigenvalue weighted by Gasteiger charge is 2.11. The van der Waals surface area contributed by atoms with Crippen LogP contribution in [0.5, 0.6) is 0 Å². The largest absolute Gasteiger partial charge is 0.379 e. The van der Waals surface area contributed by atoms with Gasteiger partial charge in [0, 0.05) is 17.1 Å². The summed E-state index contributed by atoms with van der Waals surface area (Å²) in [6.07, 6.45) is 0. The molecule has 0 spiro atoms. The van der Waals surface area contributed by atoms with E-state index in [-0.39, 0.29) is 5.69 Å². The Morgan fingerprint density at radius 3 is 2.94 bits per heavy atom. The molecule has 0 bridgehead atoms. The number of halogens is 1. The molecule has 1 heterocycles. The van der Waals surface area contributed by atoms with Crippen LogP contribution in [0.25, 0.3) is 0 Å². The zero-order valence-electron chi connectivity index (χ0n) is 8.46. The molecule has 2 aromatic rings. The Kier molecular flexibility index (Phi) is 3.64. The predicted molar refractivity (Wildman–Crippen MR) is 68.0 cm³/mol. The van der Waals surface area contributed by atoms with Gasteiger partial charge in [-0.3, -0.25) is 10.1 Å². The molecule has 1 aromatic carbocycles. The second-order valence-electron chi connectivity index (χ2n) is 3.17. The van der Waals surface area contributed by atoms with Crippen molar-refractivity contribution < 1.29 is 4.92 Å². The van der Waals surface area contributed by atoms with Gasteiger partial charge in [0.2, 0.25) is 0 Å². The van der Waals surface area contributed by atoms with E-state index in [1.807, 2.05) is 5.38 Å². The summed E-state index contributed by atoms with van der Waals surface area (Å²) in [5.41, 5.74) is 1.67. The van der Waals surface area contributed by atoms with Crippen molar-refractivity contribution in [3.05, 3.63) is 43.9 Å². The molecule has 2 rings (SSSR count). The average Bonchev–Trinajstić information content (AvgIpc) is 2.78. The highest BCUT2D eigenvalue weighted by molar-refractivity contribution is 9.10. The number of nitro benzene ring substituents is 1. The van der Waals surface area contributed by atoms with Crippen molar-refractivity contribution >= 4 is 38.8 Å². The van der Waals surface area contributed by atoms with E-state index < -0.39 is 4.92 Å². The van der Waals surface area contributed by atoms with Crippen LogP contribution in [-0.2, 0) is 6.54 Å². The average molecular weight is 315 g/mol. The number of rotatable bonds is 4. The van der Waals surface area contributed by atoms with Crippen LogP contribution in [0.4, 0.5) is 11.4 Å². The van der Waals surface area contributed by atoms with Crippen LogP contribution in [0.2, 0.25) is 0 Å². The summed E-state index contributed by atoms with van der Waals surface area (Å²) in [5, 5.41) is 19.4. The maximum atomic E-state index is 10.6. The third kappa shape index (κ3) is 2.98. The first-order valence-electron chi connectivity index (χ1n) is 4.60. The number of benzene rings is 1. The molecule has 6 nitrogen and oxygen atoms in total. The van der Waals surface area contributed by atoms with E-state index >= 15 is 0 Å². The van der Waals surface area contributed by atoms with Gasteiger partial charge in [0.1, 0.15) is 0 Å². The van der Waals surface area contributed by atoms with Crippen LogP contribution in [0.15, 0.2) is 28.1 Å². The van der Waals surface area contributed by atoms with E-state index in [2.05, 4.69) is 30.8 Å².